The number of amides is 1. The van der Waals surface area contributed by atoms with Crippen molar-refractivity contribution in [1.29, 1.82) is 0 Å². The molecule has 0 aliphatic carbocycles. The van der Waals surface area contributed by atoms with Gasteiger partial charge in [0.2, 0.25) is 0 Å². The lowest BCUT2D eigenvalue weighted by Crippen LogP contribution is -2.46. The van der Waals surface area contributed by atoms with Crippen LogP contribution in [0.3, 0.4) is 0 Å². The summed E-state index contributed by atoms with van der Waals surface area (Å²) in [7, 11) is 0. The summed E-state index contributed by atoms with van der Waals surface area (Å²) < 4.78 is 39.6. The van der Waals surface area contributed by atoms with Crippen molar-refractivity contribution in [3.8, 4) is 0 Å². The summed E-state index contributed by atoms with van der Waals surface area (Å²) in [5, 5.41) is 8.93. The fourth-order valence-corrected chi connectivity index (χ4v) is 2.95. The number of rotatable bonds is 7. The summed E-state index contributed by atoms with van der Waals surface area (Å²) >= 11 is 0. The van der Waals surface area contributed by atoms with E-state index in [0.717, 1.165) is 30.6 Å². The Balaban J connectivity index is 2.11. The SMILES string of the molecule is CCN1CCN(c2ccc(C(=O)N(CCO)CC(F)F)cc2F)CC1. The average molecular weight is 359 g/mol. The van der Waals surface area contributed by atoms with E-state index in [1.54, 1.807) is 0 Å². The zero-order valence-electron chi connectivity index (χ0n) is 14.3. The van der Waals surface area contributed by atoms with E-state index in [4.69, 9.17) is 5.11 Å². The summed E-state index contributed by atoms with van der Waals surface area (Å²) in [6.45, 7) is 4.67. The zero-order valence-corrected chi connectivity index (χ0v) is 14.3. The highest BCUT2D eigenvalue weighted by Crippen LogP contribution is 2.23. The number of benzene rings is 1. The highest BCUT2D eigenvalue weighted by atomic mass is 19.3. The lowest BCUT2D eigenvalue weighted by atomic mass is 10.1. The topological polar surface area (TPSA) is 47.0 Å². The smallest absolute Gasteiger partial charge is 0.255 e. The van der Waals surface area contributed by atoms with Crippen LogP contribution in [-0.2, 0) is 0 Å². The van der Waals surface area contributed by atoms with Gasteiger partial charge in [0.15, 0.2) is 0 Å². The molecule has 5 nitrogen and oxygen atoms in total. The van der Waals surface area contributed by atoms with E-state index in [-0.39, 0.29) is 12.1 Å². The van der Waals surface area contributed by atoms with Gasteiger partial charge in [0, 0.05) is 38.3 Å². The van der Waals surface area contributed by atoms with Crippen LogP contribution in [0.25, 0.3) is 0 Å². The molecule has 0 saturated carbocycles. The number of piperazine rings is 1. The summed E-state index contributed by atoms with van der Waals surface area (Å²) in [5.74, 6) is -1.26. The third-order valence-corrected chi connectivity index (χ3v) is 4.37. The van der Waals surface area contributed by atoms with Gasteiger partial charge >= 0.3 is 0 Å². The zero-order chi connectivity index (χ0) is 18.4. The molecule has 2 rings (SSSR count). The van der Waals surface area contributed by atoms with Gasteiger partial charge in [-0.1, -0.05) is 6.92 Å². The lowest BCUT2D eigenvalue weighted by molar-refractivity contribution is 0.0509. The van der Waals surface area contributed by atoms with Gasteiger partial charge < -0.3 is 19.8 Å². The standard InChI is InChI=1S/C17H24F3N3O2/c1-2-21-5-7-22(8-6-21)15-4-3-13(11-14(15)18)17(25)23(9-10-24)12-16(19)20/h3-4,11,16,24H,2,5-10,12H2,1H3. The highest BCUT2D eigenvalue weighted by Gasteiger charge is 2.22. The van der Waals surface area contributed by atoms with Crippen LogP contribution in [0.5, 0.6) is 0 Å². The molecule has 1 aromatic carbocycles. The molecule has 1 amide bonds. The number of hydrogen-bond acceptors (Lipinski definition) is 4. The molecule has 1 aliphatic heterocycles. The first-order valence-electron chi connectivity index (χ1n) is 8.41. The van der Waals surface area contributed by atoms with Crippen LogP contribution in [-0.4, -0.2) is 79.7 Å². The summed E-state index contributed by atoms with van der Waals surface area (Å²) in [6.07, 6.45) is -2.71. The average Bonchev–Trinajstić information content (AvgIpc) is 2.60. The third-order valence-electron chi connectivity index (χ3n) is 4.37. The van der Waals surface area contributed by atoms with Crippen LogP contribution in [0, 0.1) is 5.82 Å². The number of halogens is 3. The Morgan fingerprint density at radius 2 is 1.96 bits per heavy atom. The molecule has 25 heavy (non-hydrogen) atoms. The minimum absolute atomic E-state index is 0.00236. The molecule has 0 atom stereocenters. The van der Waals surface area contributed by atoms with Crippen LogP contribution < -0.4 is 4.90 Å². The molecule has 140 valence electrons. The molecular formula is C17H24F3N3O2. The van der Waals surface area contributed by atoms with Crippen molar-refractivity contribution in [2.45, 2.75) is 13.3 Å². The lowest BCUT2D eigenvalue weighted by Gasteiger charge is -2.35. The molecule has 1 aromatic rings. The van der Waals surface area contributed by atoms with Gasteiger partial charge in [0.25, 0.3) is 12.3 Å². The van der Waals surface area contributed by atoms with Gasteiger partial charge in [-0.3, -0.25) is 4.79 Å². The molecule has 1 heterocycles. The Kier molecular flexibility index (Phi) is 7.07. The Morgan fingerprint density at radius 1 is 1.28 bits per heavy atom. The minimum atomic E-state index is -2.71. The fourth-order valence-electron chi connectivity index (χ4n) is 2.95. The second-order valence-electron chi connectivity index (χ2n) is 5.95. The van der Waals surface area contributed by atoms with Crippen molar-refractivity contribution in [3.63, 3.8) is 0 Å². The molecule has 1 aliphatic rings. The predicted octanol–water partition coefficient (Wildman–Crippen LogP) is 1.67. The number of nitrogens with zero attached hydrogens (tertiary/aromatic N) is 3. The first-order chi connectivity index (χ1) is 12.0. The Hall–Kier alpha value is -1.80. The van der Waals surface area contributed by atoms with Gasteiger partial charge in [-0.15, -0.1) is 0 Å². The number of carbonyl (C=O) groups is 1. The monoisotopic (exact) mass is 359 g/mol. The van der Waals surface area contributed by atoms with Gasteiger partial charge in [-0.05, 0) is 24.7 Å². The maximum Gasteiger partial charge on any atom is 0.255 e. The van der Waals surface area contributed by atoms with E-state index in [1.807, 2.05) is 4.90 Å². The molecule has 0 bridgehead atoms. The van der Waals surface area contributed by atoms with E-state index in [1.165, 1.54) is 12.1 Å². The quantitative estimate of drug-likeness (QED) is 0.805. The Bertz CT molecular complexity index is 578. The van der Waals surface area contributed by atoms with E-state index >= 15 is 0 Å². The predicted molar refractivity (Wildman–Crippen MR) is 89.7 cm³/mol. The van der Waals surface area contributed by atoms with Crippen molar-refractivity contribution in [3.05, 3.63) is 29.6 Å². The number of aliphatic hydroxyl groups excluding tert-OH is 1. The van der Waals surface area contributed by atoms with Gasteiger partial charge in [-0.2, -0.15) is 0 Å². The van der Waals surface area contributed by atoms with Gasteiger partial charge in [-0.25, -0.2) is 13.2 Å². The molecule has 1 saturated heterocycles. The third kappa shape index (κ3) is 5.09. The number of aliphatic hydroxyl groups is 1. The highest BCUT2D eigenvalue weighted by molar-refractivity contribution is 5.94. The molecule has 0 aromatic heterocycles. The number of likely N-dealkylation sites (N-methyl/N-ethyl adjacent to an activating group) is 1. The largest absolute Gasteiger partial charge is 0.395 e. The molecule has 0 spiro atoms. The van der Waals surface area contributed by atoms with Crippen molar-refractivity contribution in [2.24, 2.45) is 0 Å². The van der Waals surface area contributed by atoms with Crippen LogP contribution in [0.2, 0.25) is 0 Å². The molecule has 0 radical (unpaired) electrons. The van der Waals surface area contributed by atoms with Gasteiger partial charge in [0.1, 0.15) is 5.82 Å². The maximum absolute atomic E-state index is 14.5. The van der Waals surface area contributed by atoms with Crippen LogP contribution in [0.1, 0.15) is 17.3 Å². The van der Waals surface area contributed by atoms with E-state index < -0.39 is 31.3 Å². The fraction of sp³-hybridized carbons (Fsp3) is 0.588. The molecule has 0 unspecified atom stereocenters. The van der Waals surface area contributed by atoms with Crippen LogP contribution >= 0.6 is 0 Å². The summed E-state index contributed by atoms with van der Waals surface area (Å²) in [4.78, 5) is 17.3. The van der Waals surface area contributed by atoms with E-state index in [2.05, 4.69) is 11.8 Å². The minimum Gasteiger partial charge on any atom is -0.395 e. The van der Waals surface area contributed by atoms with Crippen molar-refractivity contribution in [1.82, 2.24) is 9.80 Å². The van der Waals surface area contributed by atoms with Crippen molar-refractivity contribution < 1.29 is 23.1 Å². The van der Waals surface area contributed by atoms with Crippen molar-refractivity contribution >= 4 is 11.6 Å². The number of anilines is 1. The van der Waals surface area contributed by atoms with Crippen LogP contribution in [0.15, 0.2) is 18.2 Å². The number of carbonyl (C=O) groups excluding carboxylic acids is 1. The molecule has 1 N–H and O–H groups in total. The second-order valence-corrected chi connectivity index (χ2v) is 5.95. The number of hydrogen-bond donors (Lipinski definition) is 1. The molecule has 1 fully saturated rings. The Morgan fingerprint density at radius 3 is 2.48 bits per heavy atom. The number of alkyl halides is 2. The van der Waals surface area contributed by atoms with E-state index in [0.29, 0.717) is 18.8 Å². The normalized spacial score (nSPS) is 15.7. The maximum atomic E-state index is 14.5. The molecule has 8 heteroatoms. The van der Waals surface area contributed by atoms with Gasteiger partial charge in [0.05, 0.1) is 18.8 Å². The second kappa shape index (κ2) is 9.05. The summed E-state index contributed by atoms with van der Waals surface area (Å²) in [6, 6.07) is 4.05. The molecular weight excluding hydrogens is 335 g/mol. The first-order valence-corrected chi connectivity index (χ1v) is 8.41. The summed E-state index contributed by atoms with van der Waals surface area (Å²) in [5.41, 5.74) is 0.414. The van der Waals surface area contributed by atoms with Crippen LogP contribution in [0.4, 0.5) is 18.9 Å². The van der Waals surface area contributed by atoms with E-state index in [9.17, 15) is 18.0 Å². The first kappa shape index (κ1) is 19.5. The Labute approximate surface area is 145 Å². The van der Waals surface area contributed by atoms with Crippen molar-refractivity contribution in [2.75, 3.05) is 57.3 Å².